The number of phenols is 2. The summed E-state index contributed by atoms with van der Waals surface area (Å²) in [7, 11) is 0. The van der Waals surface area contributed by atoms with Gasteiger partial charge >= 0.3 is 5.97 Å². The third-order valence-electron chi connectivity index (χ3n) is 2.58. The number of rotatable bonds is 4. The minimum absolute atomic E-state index is 0.106. The third kappa shape index (κ3) is 2.89. The molecule has 0 aliphatic carbocycles. The van der Waals surface area contributed by atoms with Crippen LogP contribution in [0.3, 0.4) is 0 Å². The van der Waals surface area contributed by atoms with Crippen molar-refractivity contribution >= 4 is 23.2 Å². The molecule has 0 aliphatic rings. The minimum Gasteiger partial charge on any atom is -0.508 e. The van der Waals surface area contributed by atoms with Gasteiger partial charge in [0.1, 0.15) is 11.5 Å². The normalized spacial score (nSPS) is 11.8. The van der Waals surface area contributed by atoms with Crippen molar-refractivity contribution in [3.63, 3.8) is 0 Å². The molecule has 7 heteroatoms. The molecule has 20 heavy (non-hydrogen) atoms. The van der Waals surface area contributed by atoms with Gasteiger partial charge < -0.3 is 20.6 Å². The first-order valence-electron chi connectivity index (χ1n) is 5.58. The van der Waals surface area contributed by atoms with Gasteiger partial charge in [-0.3, -0.25) is 4.79 Å². The largest absolute Gasteiger partial charge is 0.508 e. The number of aliphatic carboxylic acids is 1. The molecule has 1 aromatic carbocycles. The van der Waals surface area contributed by atoms with Gasteiger partial charge in [-0.1, -0.05) is 6.07 Å². The zero-order valence-corrected chi connectivity index (χ0v) is 10.9. The number of carbonyl (C=O) groups is 2. The van der Waals surface area contributed by atoms with Crippen molar-refractivity contribution in [3.05, 3.63) is 46.2 Å². The van der Waals surface area contributed by atoms with Crippen molar-refractivity contribution in [2.24, 2.45) is 0 Å². The van der Waals surface area contributed by atoms with Gasteiger partial charge in [0, 0.05) is 10.9 Å². The van der Waals surface area contributed by atoms with Crippen LogP contribution in [0.15, 0.2) is 35.7 Å². The highest BCUT2D eigenvalue weighted by molar-refractivity contribution is 7.10. The summed E-state index contributed by atoms with van der Waals surface area (Å²) in [5, 5.41) is 31.9. The highest BCUT2D eigenvalue weighted by Crippen LogP contribution is 2.24. The van der Waals surface area contributed by atoms with Gasteiger partial charge in [-0.05, 0) is 23.6 Å². The molecule has 4 N–H and O–H groups in total. The van der Waals surface area contributed by atoms with Gasteiger partial charge in [-0.15, -0.1) is 11.3 Å². The fraction of sp³-hybridized carbons (Fsp3) is 0.0769. The van der Waals surface area contributed by atoms with Crippen LogP contribution in [0, 0.1) is 0 Å². The van der Waals surface area contributed by atoms with E-state index in [1.165, 1.54) is 23.5 Å². The van der Waals surface area contributed by atoms with Crippen LogP contribution in [0.25, 0.3) is 0 Å². The molecule has 0 aliphatic heterocycles. The Hall–Kier alpha value is -2.54. The van der Waals surface area contributed by atoms with Crippen LogP contribution in [-0.2, 0) is 4.79 Å². The molecule has 0 spiro atoms. The SMILES string of the molecule is O=C(NC(C(=O)O)c1cccs1)c1ccc(O)cc1O. The van der Waals surface area contributed by atoms with Gasteiger partial charge in [0.2, 0.25) is 0 Å². The lowest BCUT2D eigenvalue weighted by Gasteiger charge is -2.13. The van der Waals surface area contributed by atoms with E-state index in [-0.39, 0.29) is 11.3 Å². The lowest BCUT2D eigenvalue weighted by molar-refractivity contribution is -0.139. The number of thiophene rings is 1. The Morgan fingerprint density at radius 1 is 1.20 bits per heavy atom. The van der Waals surface area contributed by atoms with Gasteiger partial charge in [0.05, 0.1) is 5.56 Å². The van der Waals surface area contributed by atoms with Crippen molar-refractivity contribution in [2.45, 2.75) is 6.04 Å². The Morgan fingerprint density at radius 2 is 1.95 bits per heavy atom. The van der Waals surface area contributed by atoms with Crippen molar-refractivity contribution < 1.29 is 24.9 Å². The molecule has 1 atom stereocenters. The van der Waals surface area contributed by atoms with E-state index < -0.39 is 23.7 Å². The predicted molar refractivity (Wildman–Crippen MR) is 71.9 cm³/mol. The molecular weight excluding hydrogens is 282 g/mol. The Morgan fingerprint density at radius 3 is 2.50 bits per heavy atom. The maximum absolute atomic E-state index is 12.0. The third-order valence-corrected chi connectivity index (χ3v) is 3.51. The average Bonchev–Trinajstić information content (AvgIpc) is 2.88. The maximum Gasteiger partial charge on any atom is 0.331 e. The van der Waals surface area contributed by atoms with Gasteiger partial charge in [-0.2, -0.15) is 0 Å². The zero-order chi connectivity index (χ0) is 14.7. The Balaban J connectivity index is 2.23. The van der Waals surface area contributed by atoms with E-state index in [4.69, 9.17) is 10.2 Å². The molecule has 6 nitrogen and oxygen atoms in total. The molecule has 2 aromatic rings. The summed E-state index contributed by atoms with van der Waals surface area (Å²) in [6.07, 6.45) is 0. The number of amides is 1. The van der Waals surface area contributed by atoms with E-state index >= 15 is 0 Å². The lowest BCUT2D eigenvalue weighted by Crippen LogP contribution is -2.33. The Labute approximate surface area is 117 Å². The van der Waals surface area contributed by atoms with Crippen LogP contribution in [0.5, 0.6) is 11.5 Å². The van der Waals surface area contributed by atoms with Gasteiger partial charge in [0.15, 0.2) is 6.04 Å². The number of nitrogens with one attached hydrogen (secondary N) is 1. The molecule has 1 unspecified atom stereocenters. The second-order valence-corrected chi connectivity index (χ2v) is 4.94. The summed E-state index contributed by atoms with van der Waals surface area (Å²) < 4.78 is 0. The van der Waals surface area contributed by atoms with Crippen molar-refractivity contribution in [3.8, 4) is 11.5 Å². The first-order chi connectivity index (χ1) is 9.49. The molecule has 104 valence electrons. The van der Waals surface area contributed by atoms with Crippen LogP contribution in [0.2, 0.25) is 0 Å². The van der Waals surface area contributed by atoms with Crippen molar-refractivity contribution in [2.75, 3.05) is 0 Å². The van der Waals surface area contributed by atoms with Gasteiger partial charge in [-0.25, -0.2) is 4.79 Å². The molecule has 1 heterocycles. The number of hydrogen-bond donors (Lipinski definition) is 4. The van der Waals surface area contributed by atoms with Crippen molar-refractivity contribution in [1.29, 1.82) is 0 Å². The molecular formula is C13H11NO5S. The quantitative estimate of drug-likeness (QED) is 0.686. The summed E-state index contributed by atoms with van der Waals surface area (Å²) in [6.45, 7) is 0. The number of carboxylic acids is 1. The predicted octanol–water partition coefficient (Wildman–Crippen LogP) is 1.71. The summed E-state index contributed by atoms with van der Waals surface area (Å²) in [4.78, 5) is 23.6. The molecule has 0 fully saturated rings. The standard InChI is InChI=1S/C13H11NO5S/c15-7-3-4-8(9(16)6-7)12(17)14-11(13(18)19)10-2-1-5-20-10/h1-6,11,15-16H,(H,14,17)(H,18,19). The van der Waals surface area contributed by atoms with Crippen LogP contribution in [0.4, 0.5) is 0 Å². The first-order valence-corrected chi connectivity index (χ1v) is 6.46. The number of benzene rings is 1. The fourth-order valence-electron chi connectivity index (χ4n) is 1.63. The topological polar surface area (TPSA) is 107 Å². The van der Waals surface area contributed by atoms with Gasteiger partial charge in [0.25, 0.3) is 5.91 Å². The molecule has 2 rings (SSSR count). The van der Waals surface area contributed by atoms with E-state index in [9.17, 15) is 14.7 Å². The summed E-state index contributed by atoms with van der Waals surface area (Å²) >= 11 is 1.21. The minimum atomic E-state index is -1.20. The second kappa shape index (κ2) is 5.62. The van der Waals surface area contributed by atoms with E-state index in [1.807, 2.05) is 0 Å². The van der Waals surface area contributed by atoms with E-state index in [0.29, 0.717) is 4.88 Å². The smallest absolute Gasteiger partial charge is 0.331 e. The fourth-order valence-corrected chi connectivity index (χ4v) is 2.40. The van der Waals surface area contributed by atoms with Crippen LogP contribution in [-0.4, -0.2) is 27.2 Å². The Kier molecular flexibility index (Phi) is 3.90. The molecule has 1 aromatic heterocycles. The summed E-state index contributed by atoms with van der Waals surface area (Å²) in [6, 6.07) is 5.55. The summed E-state index contributed by atoms with van der Waals surface area (Å²) in [5.41, 5.74) is -0.106. The van der Waals surface area contributed by atoms with E-state index in [2.05, 4.69) is 5.32 Å². The van der Waals surface area contributed by atoms with E-state index in [0.717, 1.165) is 6.07 Å². The lowest BCUT2D eigenvalue weighted by atomic mass is 10.1. The molecule has 1 amide bonds. The molecule has 0 bridgehead atoms. The average molecular weight is 293 g/mol. The first kappa shape index (κ1) is 13.9. The number of phenolic OH excluding ortho intramolecular Hbond substituents is 2. The molecule has 0 radical (unpaired) electrons. The second-order valence-electron chi connectivity index (χ2n) is 3.96. The Bertz CT molecular complexity index is 638. The zero-order valence-electron chi connectivity index (χ0n) is 10.1. The van der Waals surface area contributed by atoms with Crippen LogP contribution >= 0.6 is 11.3 Å². The number of carboxylic acid groups (broad SMARTS) is 1. The number of hydrogen-bond acceptors (Lipinski definition) is 5. The van der Waals surface area contributed by atoms with Crippen molar-refractivity contribution in [1.82, 2.24) is 5.32 Å². The monoisotopic (exact) mass is 293 g/mol. The highest BCUT2D eigenvalue weighted by Gasteiger charge is 2.24. The highest BCUT2D eigenvalue weighted by atomic mass is 32.1. The summed E-state index contributed by atoms with van der Waals surface area (Å²) in [5.74, 6) is -2.53. The maximum atomic E-state index is 12.0. The van der Waals surface area contributed by atoms with Crippen LogP contribution < -0.4 is 5.32 Å². The number of aromatic hydroxyl groups is 2. The molecule has 0 saturated carbocycles. The molecule has 0 saturated heterocycles. The van der Waals surface area contributed by atoms with Crippen LogP contribution in [0.1, 0.15) is 21.3 Å². The number of carbonyl (C=O) groups excluding carboxylic acids is 1. The van der Waals surface area contributed by atoms with E-state index in [1.54, 1.807) is 17.5 Å².